The number of nitrogens with zero attached hydrogens (tertiary/aromatic N) is 2. The molecule has 0 spiro atoms. The molecule has 9 nitrogen and oxygen atoms in total. The first kappa shape index (κ1) is 24.3. The Morgan fingerprint density at radius 1 is 1.19 bits per heavy atom. The SMILES string of the molecule is CCCCCC(=O)N1CCC[C@H]1C(=O)N(C(=O)CN)[C@@H](Cc1ccc(O)cc1)C(=O)O. The number of unbranched alkanes of at least 4 members (excludes halogenated alkanes) is 2. The lowest BCUT2D eigenvalue weighted by Crippen LogP contribution is -2.57. The molecular weight excluding hydrogens is 402 g/mol. The van der Waals surface area contributed by atoms with Crippen molar-refractivity contribution in [2.24, 2.45) is 5.73 Å². The minimum Gasteiger partial charge on any atom is -0.508 e. The van der Waals surface area contributed by atoms with E-state index < -0.39 is 36.4 Å². The summed E-state index contributed by atoms with van der Waals surface area (Å²) in [6, 6.07) is 3.52. The number of likely N-dealkylation sites (tertiary alicyclic amines) is 1. The van der Waals surface area contributed by atoms with Crippen LogP contribution in [0.5, 0.6) is 5.75 Å². The number of phenolic OH excluding ortho intramolecular Hbond substituents is 1. The first-order valence-corrected chi connectivity index (χ1v) is 10.7. The van der Waals surface area contributed by atoms with Gasteiger partial charge < -0.3 is 20.8 Å². The molecule has 31 heavy (non-hydrogen) atoms. The highest BCUT2D eigenvalue weighted by Crippen LogP contribution is 2.23. The molecule has 170 valence electrons. The van der Waals surface area contributed by atoms with Gasteiger partial charge in [0.15, 0.2) is 0 Å². The Kier molecular flexibility index (Phi) is 8.99. The van der Waals surface area contributed by atoms with Crippen molar-refractivity contribution in [1.29, 1.82) is 0 Å². The molecule has 1 aromatic carbocycles. The summed E-state index contributed by atoms with van der Waals surface area (Å²) in [5.41, 5.74) is 6.02. The summed E-state index contributed by atoms with van der Waals surface area (Å²) in [6.45, 7) is 1.91. The number of carbonyl (C=O) groups excluding carboxylic acids is 3. The van der Waals surface area contributed by atoms with Gasteiger partial charge in [0.2, 0.25) is 11.8 Å². The number of hydrogen-bond acceptors (Lipinski definition) is 6. The van der Waals surface area contributed by atoms with Crippen molar-refractivity contribution < 1.29 is 29.4 Å². The van der Waals surface area contributed by atoms with Gasteiger partial charge in [-0.05, 0) is 37.0 Å². The normalized spacial score (nSPS) is 16.7. The highest BCUT2D eigenvalue weighted by Gasteiger charge is 2.42. The van der Waals surface area contributed by atoms with Gasteiger partial charge in [0.1, 0.15) is 17.8 Å². The number of carboxylic acids is 1. The molecule has 0 radical (unpaired) electrons. The molecule has 1 heterocycles. The van der Waals surface area contributed by atoms with Crippen molar-refractivity contribution in [2.75, 3.05) is 13.1 Å². The van der Waals surface area contributed by atoms with Crippen LogP contribution in [0.15, 0.2) is 24.3 Å². The van der Waals surface area contributed by atoms with Crippen molar-refractivity contribution in [3.05, 3.63) is 29.8 Å². The van der Waals surface area contributed by atoms with E-state index in [0.29, 0.717) is 36.3 Å². The van der Waals surface area contributed by atoms with Crippen LogP contribution in [0.3, 0.4) is 0 Å². The minimum atomic E-state index is -1.47. The quantitative estimate of drug-likeness (QED) is 0.472. The Balaban J connectivity index is 2.26. The molecule has 4 N–H and O–H groups in total. The van der Waals surface area contributed by atoms with Crippen molar-refractivity contribution in [3.8, 4) is 5.75 Å². The Bertz CT molecular complexity index is 795. The Morgan fingerprint density at radius 3 is 2.45 bits per heavy atom. The van der Waals surface area contributed by atoms with Gasteiger partial charge in [0, 0.05) is 19.4 Å². The maximum absolute atomic E-state index is 13.3. The number of aromatic hydroxyl groups is 1. The highest BCUT2D eigenvalue weighted by molar-refractivity contribution is 6.03. The number of aliphatic carboxylic acids is 1. The van der Waals surface area contributed by atoms with E-state index in [0.717, 1.165) is 19.3 Å². The van der Waals surface area contributed by atoms with Crippen LogP contribution in [0.2, 0.25) is 0 Å². The van der Waals surface area contributed by atoms with E-state index in [9.17, 15) is 29.4 Å². The van der Waals surface area contributed by atoms with E-state index in [4.69, 9.17) is 5.73 Å². The molecule has 1 saturated heterocycles. The number of rotatable bonds is 10. The summed E-state index contributed by atoms with van der Waals surface area (Å²) in [5, 5.41) is 19.2. The molecule has 0 bridgehead atoms. The average Bonchev–Trinajstić information content (AvgIpc) is 3.24. The molecule has 2 rings (SSSR count). The molecule has 3 amide bonds. The van der Waals surface area contributed by atoms with Crippen LogP contribution in [0.25, 0.3) is 0 Å². The fourth-order valence-electron chi connectivity index (χ4n) is 3.85. The molecule has 0 saturated carbocycles. The van der Waals surface area contributed by atoms with E-state index in [1.165, 1.54) is 29.2 Å². The summed E-state index contributed by atoms with van der Waals surface area (Å²) in [5.74, 6) is -2.99. The van der Waals surface area contributed by atoms with Gasteiger partial charge in [0.25, 0.3) is 5.91 Å². The summed E-state index contributed by atoms with van der Waals surface area (Å²) in [6.07, 6.45) is 3.75. The zero-order chi connectivity index (χ0) is 23.0. The third kappa shape index (κ3) is 6.27. The molecule has 1 aliphatic heterocycles. The fraction of sp³-hybridized carbons (Fsp3) is 0.545. The summed E-state index contributed by atoms with van der Waals surface area (Å²) in [7, 11) is 0. The van der Waals surface area contributed by atoms with Gasteiger partial charge in [0.05, 0.1) is 6.54 Å². The van der Waals surface area contributed by atoms with E-state index >= 15 is 0 Å². The Labute approximate surface area is 181 Å². The summed E-state index contributed by atoms with van der Waals surface area (Å²) < 4.78 is 0. The van der Waals surface area contributed by atoms with Gasteiger partial charge in [-0.2, -0.15) is 0 Å². The number of phenols is 1. The molecule has 2 atom stereocenters. The van der Waals surface area contributed by atoms with E-state index in [1.807, 2.05) is 6.92 Å². The highest BCUT2D eigenvalue weighted by atomic mass is 16.4. The smallest absolute Gasteiger partial charge is 0.327 e. The molecular formula is C22H31N3O6. The maximum atomic E-state index is 13.3. The molecule has 0 unspecified atom stereocenters. The summed E-state index contributed by atoms with van der Waals surface area (Å²) >= 11 is 0. The van der Waals surface area contributed by atoms with Crippen molar-refractivity contribution in [1.82, 2.24) is 9.80 Å². The molecule has 0 aromatic heterocycles. The number of hydrogen-bond donors (Lipinski definition) is 3. The lowest BCUT2D eigenvalue weighted by atomic mass is 10.0. The number of nitrogens with two attached hydrogens (primary N) is 1. The number of benzene rings is 1. The van der Waals surface area contributed by atoms with Crippen LogP contribution < -0.4 is 5.73 Å². The monoisotopic (exact) mass is 433 g/mol. The van der Waals surface area contributed by atoms with Crippen LogP contribution in [0.4, 0.5) is 0 Å². The van der Waals surface area contributed by atoms with Crippen molar-refractivity contribution in [3.63, 3.8) is 0 Å². The van der Waals surface area contributed by atoms with Gasteiger partial charge >= 0.3 is 5.97 Å². The lowest BCUT2D eigenvalue weighted by Gasteiger charge is -2.32. The minimum absolute atomic E-state index is 0.0183. The molecule has 1 aromatic rings. The number of imide groups is 1. The Hall–Kier alpha value is -2.94. The van der Waals surface area contributed by atoms with Crippen LogP contribution in [-0.2, 0) is 25.6 Å². The lowest BCUT2D eigenvalue weighted by molar-refractivity contribution is -0.160. The number of amides is 3. The van der Waals surface area contributed by atoms with Gasteiger partial charge in [-0.3, -0.25) is 19.3 Å². The zero-order valence-electron chi connectivity index (χ0n) is 17.8. The second-order valence-corrected chi connectivity index (χ2v) is 7.73. The van der Waals surface area contributed by atoms with Gasteiger partial charge in [-0.25, -0.2) is 4.79 Å². The van der Waals surface area contributed by atoms with Crippen LogP contribution in [0, 0.1) is 0 Å². The number of carbonyl (C=O) groups is 4. The van der Waals surface area contributed by atoms with Gasteiger partial charge in [-0.15, -0.1) is 0 Å². The van der Waals surface area contributed by atoms with Crippen LogP contribution >= 0.6 is 0 Å². The molecule has 1 aliphatic rings. The summed E-state index contributed by atoms with van der Waals surface area (Å²) in [4.78, 5) is 52.7. The molecule has 0 aliphatic carbocycles. The third-order valence-electron chi connectivity index (χ3n) is 5.50. The predicted molar refractivity (Wildman–Crippen MR) is 113 cm³/mol. The molecule has 1 fully saturated rings. The first-order chi connectivity index (χ1) is 14.8. The zero-order valence-corrected chi connectivity index (χ0v) is 17.8. The standard InChI is InChI=1S/C22H31N3O6/c1-2-3-4-7-19(27)24-12-5-6-17(24)21(29)25(20(28)14-23)18(22(30)31)13-15-8-10-16(26)11-9-15/h8-11,17-18,26H,2-7,12-14,23H2,1H3,(H,30,31)/t17-,18-/m0/s1. The van der Waals surface area contributed by atoms with Crippen LogP contribution in [-0.4, -0.2) is 68.9 Å². The van der Waals surface area contributed by atoms with Crippen molar-refractivity contribution in [2.45, 2.75) is 64.0 Å². The Morgan fingerprint density at radius 2 is 1.87 bits per heavy atom. The maximum Gasteiger partial charge on any atom is 0.327 e. The van der Waals surface area contributed by atoms with Gasteiger partial charge in [-0.1, -0.05) is 31.9 Å². The first-order valence-electron chi connectivity index (χ1n) is 10.7. The number of carboxylic acid groups (broad SMARTS) is 1. The average molecular weight is 434 g/mol. The van der Waals surface area contributed by atoms with Crippen LogP contribution in [0.1, 0.15) is 51.0 Å². The topological polar surface area (TPSA) is 141 Å². The molecule has 9 heteroatoms. The predicted octanol–water partition coefficient (Wildman–Crippen LogP) is 1.27. The third-order valence-corrected chi connectivity index (χ3v) is 5.50. The second kappa shape index (κ2) is 11.5. The van der Waals surface area contributed by atoms with E-state index in [1.54, 1.807) is 0 Å². The van der Waals surface area contributed by atoms with E-state index in [2.05, 4.69) is 0 Å². The largest absolute Gasteiger partial charge is 0.508 e. The van der Waals surface area contributed by atoms with E-state index in [-0.39, 0.29) is 18.1 Å². The van der Waals surface area contributed by atoms with Crippen molar-refractivity contribution >= 4 is 23.7 Å². The second-order valence-electron chi connectivity index (χ2n) is 7.73. The fourth-order valence-corrected chi connectivity index (χ4v) is 3.85.